The first-order valence-corrected chi connectivity index (χ1v) is 4.12. The molecule has 0 radical (unpaired) electrons. The number of hydrogen-bond donors (Lipinski definition) is 1. The Labute approximate surface area is 71.8 Å². The molecule has 0 amide bonds. The lowest BCUT2D eigenvalue weighted by molar-refractivity contribution is 0.478. The molecule has 1 atom stereocenters. The highest BCUT2D eigenvalue weighted by atomic mass is 15.2. The maximum absolute atomic E-state index is 8.26. The van der Waals surface area contributed by atoms with Crippen LogP contribution < -0.4 is 5.73 Å². The summed E-state index contributed by atoms with van der Waals surface area (Å²) in [6, 6.07) is 0. The Balaban J connectivity index is 2.77. The minimum atomic E-state index is -0.949. The number of nitrogens with zero attached hydrogens (tertiary/aromatic N) is 3. The van der Waals surface area contributed by atoms with Gasteiger partial charge in [-0.1, -0.05) is 23.9 Å². The third-order valence-electron chi connectivity index (χ3n) is 1.89. The highest BCUT2D eigenvalue weighted by molar-refractivity contribution is 5.16. The lowest BCUT2D eigenvalue weighted by Crippen LogP contribution is -2.35. The van der Waals surface area contributed by atoms with Crippen molar-refractivity contribution in [2.24, 2.45) is 10.8 Å². The van der Waals surface area contributed by atoms with Crippen molar-refractivity contribution in [1.82, 2.24) is 0 Å². The maximum Gasteiger partial charge on any atom is 0.157 e. The maximum atomic E-state index is 8.26. The first-order chi connectivity index (χ1) is 5.77. The van der Waals surface area contributed by atoms with Crippen LogP contribution in [0.4, 0.5) is 0 Å². The molecule has 0 saturated carbocycles. The van der Waals surface area contributed by atoms with E-state index in [0.29, 0.717) is 6.42 Å². The largest absolute Gasteiger partial charge is 0.310 e. The van der Waals surface area contributed by atoms with Crippen LogP contribution in [0.15, 0.2) is 5.11 Å². The van der Waals surface area contributed by atoms with Gasteiger partial charge in [0.25, 0.3) is 0 Å². The van der Waals surface area contributed by atoms with Crippen LogP contribution >= 0.6 is 0 Å². The van der Waals surface area contributed by atoms with Crippen LogP contribution in [0.3, 0.4) is 0 Å². The molecule has 1 aliphatic carbocycles. The molecule has 0 aliphatic heterocycles. The lowest BCUT2D eigenvalue weighted by atomic mass is 10.0. The van der Waals surface area contributed by atoms with Crippen LogP contribution in [0.5, 0.6) is 0 Å². The summed E-state index contributed by atoms with van der Waals surface area (Å²) in [6.45, 7) is 0. The molecular weight excluding hydrogens is 152 g/mol. The zero-order chi connectivity index (χ0) is 8.86. The smallest absolute Gasteiger partial charge is 0.157 e. The van der Waals surface area contributed by atoms with Crippen molar-refractivity contribution >= 4 is 0 Å². The number of hydrogen-bond acceptors (Lipinski definition) is 2. The number of rotatable bonds is 1. The Bertz CT molecular complexity index is 256. The average molecular weight is 164 g/mol. The lowest BCUT2D eigenvalue weighted by Gasteiger charge is -2.17. The van der Waals surface area contributed by atoms with Gasteiger partial charge >= 0.3 is 0 Å². The fourth-order valence-electron chi connectivity index (χ4n) is 1.22. The first kappa shape index (κ1) is 8.92. The Morgan fingerprint density at radius 2 is 2.25 bits per heavy atom. The van der Waals surface area contributed by atoms with Gasteiger partial charge in [0, 0.05) is 11.3 Å². The quantitative estimate of drug-likeness (QED) is 0.273. The molecule has 2 N–H and O–H groups in total. The summed E-state index contributed by atoms with van der Waals surface area (Å²) in [6.07, 6.45) is 4.77. The van der Waals surface area contributed by atoms with E-state index in [1.54, 1.807) is 0 Å². The minimum Gasteiger partial charge on any atom is -0.310 e. The zero-order valence-corrected chi connectivity index (χ0v) is 6.95. The molecule has 64 valence electrons. The van der Waals surface area contributed by atoms with Crippen LogP contribution in [0.2, 0.25) is 0 Å². The molecule has 1 unspecified atom stereocenters. The summed E-state index contributed by atoms with van der Waals surface area (Å²) in [7, 11) is 0. The summed E-state index contributed by atoms with van der Waals surface area (Å²) in [5.74, 6) is 5.73. The van der Waals surface area contributed by atoms with Crippen molar-refractivity contribution in [2.75, 3.05) is 0 Å². The SMILES string of the molecule is [N-]=[N+]=NC1(N)C#CCCCCC1. The highest BCUT2D eigenvalue weighted by Crippen LogP contribution is 2.16. The van der Waals surface area contributed by atoms with Crippen LogP contribution in [0.1, 0.15) is 32.1 Å². The Morgan fingerprint density at radius 1 is 1.42 bits per heavy atom. The van der Waals surface area contributed by atoms with Gasteiger partial charge in [-0.05, 0) is 18.4 Å². The summed E-state index contributed by atoms with van der Waals surface area (Å²) in [4.78, 5) is 2.70. The molecule has 1 rings (SSSR count). The van der Waals surface area contributed by atoms with E-state index in [9.17, 15) is 0 Å². The van der Waals surface area contributed by atoms with E-state index < -0.39 is 5.66 Å². The van der Waals surface area contributed by atoms with Crippen molar-refractivity contribution in [2.45, 2.75) is 37.8 Å². The van der Waals surface area contributed by atoms with Gasteiger partial charge in [-0.15, -0.1) is 5.92 Å². The van der Waals surface area contributed by atoms with E-state index >= 15 is 0 Å². The van der Waals surface area contributed by atoms with Gasteiger partial charge in [-0.2, -0.15) is 0 Å². The van der Waals surface area contributed by atoms with Crippen LogP contribution in [-0.2, 0) is 0 Å². The molecule has 0 saturated heterocycles. The molecule has 0 bridgehead atoms. The van der Waals surface area contributed by atoms with Crippen LogP contribution in [0.25, 0.3) is 10.4 Å². The molecule has 1 aliphatic rings. The fourth-order valence-corrected chi connectivity index (χ4v) is 1.22. The van der Waals surface area contributed by atoms with Gasteiger partial charge in [0.2, 0.25) is 0 Å². The molecule has 0 aromatic rings. The summed E-state index contributed by atoms with van der Waals surface area (Å²) < 4.78 is 0. The third kappa shape index (κ3) is 2.46. The van der Waals surface area contributed by atoms with Crippen molar-refractivity contribution in [3.8, 4) is 11.8 Å². The Kier molecular flexibility index (Phi) is 2.98. The second kappa shape index (κ2) is 4.01. The Morgan fingerprint density at radius 3 is 3.00 bits per heavy atom. The molecule has 4 heteroatoms. The average Bonchev–Trinajstić information content (AvgIpc) is 1.99. The fraction of sp³-hybridized carbons (Fsp3) is 0.750. The molecule has 0 spiro atoms. The van der Waals surface area contributed by atoms with E-state index in [1.165, 1.54) is 0 Å². The molecule has 12 heavy (non-hydrogen) atoms. The predicted molar refractivity (Wildman–Crippen MR) is 46.9 cm³/mol. The van der Waals surface area contributed by atoms with E-state index in [-0.39, 0.29) is 0 Å². The number of azide groups is 1. The second-order valence-electron chi connectivity index (χ2n) is 2.98. The van der Waals surface area contributed by atoms with E-state index in [0.717, 1.165) is 25.7 Å². The van der Waals surface area contributed by atoms with E-state index in [2.05, 4.69) is 21.9 Å². The third-order valence-corrected chi connectivity index (χ3v) is 1.89. The molecule has 0 heterocycles. The van der Waals surface area contributed by atoms with E-state index in [4.69, 9.17) is 11.3 Å². The first-order valence-electron chi connectivity index (χ1n) is 4.12. The molecule has 0 aromatic carbocycles. The summed E-state index contributed by atoms with van der Waals surface area (Å²) >= 11 is 0. The summed E-state index contributed by atoms with van der Waals surface area (Å²) in [5, 5.41) is 3.50. The standard InChI is InChI=1S/C8H12N4/c9-8(11-12-10)6-4-2-1-3-5-7-8/h1-4,6,9H2. The van der Waals surface area contributed by atoms with Crippen molar-refractivity contribution in [3.05, 3.63) is 10.4 Å². The van der Waals surface area contributed by atoms with E-state index in [1.807, 2.05) is 0 Å². The Hall–Kier alpha value is -1.17. The van der Waals surface area contributed by atoms with Gasteiger partial charge < -0.3 is 5.73 Å². The minimum absolute atomic E-state index is 0.671. The van der Waals surface area contributed by atoms with Gasteiger partial charge in [-0.3, -0.25) is 0 Å². The normalized spacial score (nSPS) is 28.8. The molecule has 0 fully saturated rings. The molecular formula is C8H12N4. The van der Waals surface area contributed by atoms with Gasteiger partial charge in [0.05, 0.1) is 0 Å². The second-order valence-corrected chi connectivity index (χ2v) is 2.98. The summed E-state index contributed by atoms with van der Waals surface area (Å²) in [5.41, 5.74) is 13.1. The number of nitrogens with two attached hydrogens (primary N) is 1. The topological polar surface area (TPSA) is 74.8 Å². The monoisotopic (exact) mass is 164 g/mol. The highest BCUT2D eigenvalue weighted by Gasteiger charge is 2.20. The van der Waals surface area contributed by atoms with Crippen LogP contribution in [-0.4, -0.2) is 5.66 Å². The van der Waals surface area contributed by atoms with Crippen molar-refractivity contribution < 1.29 is 0 Å². The van der Waals surface area contributed by atoms with Gasteiger partial charge in [0.1, 0.15) is 0 Å². The molecule has 0 aromatic heterocycles. The molecule has 4 nitrogen and oxygen atoms in total. The van der Waals surface area contributed by atoms with Gasteiger partial charge in [0.15, 0.2) is 5.66 Å². The van der Waals surface area contributed by atoms with Gasteiger partial charge in [-0.25, -0.2) is 0 Å². The predicted octanol–water partition coefficient (Wildman–Crippen LogP) is 1.92. The van der Waals surface area contributed by atoms with Crippen LogP contribution in [0, 0.1) is 11.8 Å². The van der Waals surface area contributed by atoms with Crippen molar-refractivity contribution in [1.29, 1.82) is 0 Å². The van der Waals surface area contributed by atoms with Crippen molar-refractivity contribution in [3.63, 3.8) is 0 Å². The zero-order valence-electron chi connectivity index (χ0n) is 6.95.